The first-order valence-electron chi connectivity index (χ1n) is 5.16. The molecule has 0 unspecified atom stereocenters. The lowest BCUT2D eigenvalue weighted by molar-refractivity contribution is 0.0523. The van der Waals surface area contributed by atoms with Crippen LogP contribution >= 0.6 is 31.9 Å². The third-order valence-corrected chi connectivity index (χ3v) is 2.99. The van der Waals surface area contributed by atoms with Crippen molar-refractivity contribution >= 4 is 43.6 Å². The molecule has 0 aliphatic rings. The lowest BCUT2D eigenvalue weighted by atomic mass is 10.0. The number of ketones is 1. The molecule has 0 aliphatic carbocycles. The Hall–Kier alpha value is -0.680. The summed E-state index contributed by atoms with van der Waals surface area (Å²) >= 11 is 6.48. The van der Waals surface area contributed by atoms with E-state index in [0.29, 0.717) is 22.9 Å². The second-order valence-corrected chi connectivity index (χ2v) is 4.98. The molecule has 0 N–H and O–H groups in total. The highest BCUT2D eigenvalue weighted by atomic mass is 79.9. The molecular formula is C12H12Br2O3. The molecule has 0 bridgehead atoms. The number of benzene rings is 1. The first-order chi connectivity index (χ1) is 8.10. The van der Waals surface area contributed by atoms with Crippen molar-refractivity contribution in [1.82, 2.24) is 0 Å². The second kappa shape index (κ2) is 6.91. The quantitative estimate of drug-likeness (QED) is 0.456. The van der Waals surface area contributed by atoms with Crippen LogP contribution in [0.4, 0.5) is 0 Å². The van der Waals surface area contributed by atoms with E-state index >= 15 is 0 Å². The lowest BCUT2D eigenvalue weighted by Gasteiger charge is -2.08. The number of halogens is 2. The highest BCUT2D eigenvalue weighted by Crippen LogP contribution is 2.19. The minimum Gasteiger partial charge on any atom is -0.462 e. The zero-order chi connectivity index (χ0) is 12.8. The van der Waals surface area contributed by atoms with Gasteiger partial charge in [-0.25, -0.2) is 4.79 Å². The van der Waals surface area contributed by atoms with Gasteiger partial charge in [0.05, 0.1) is 12.2 Å². The van der Waals surface area contributed by atoms with Gasteiger partial charge in [0.2, 0.25) is 0 Å². The third-order valence-electron chi connectivity index (χ3n) is 2.10. The normalized spacial score (nSPS) is 10.1. The van der Waals surface area contributed by atoms with Crippen molar-refractivity contribution in [2.24, 2.45) is 0 Å². The number of carbonyl (C=O) groups is 2. The van der Waals surface area contributed by atoms with E-state index in [9.17, 15) is 9.59 Å². The van der Waals surface area contributed by atoms with Crippen molar-refractivity contribution in [2.75, 3.05) is 11.9 Å². The number of hydrogen-bond acceptors (Lipinski definition) is 3. The van der Waals surface area contributed by atoms with Crippen LogP contribution in [0.2, 0.25) is 0 Å². The highest BCUT2D eigenvalue weighted by molar-refractivity contribution is 9.10. The number of esters is 1. The molecule has 1 aromatic carbocycles. The van der Waals surface area contributed by atoms with Gasteiger partial charge in [-0.2, -0.15) is 0 Å². The maximum atomic E-state index is 11.8. The van der Waals surface area contributed by atoms with Gasteiger partial charge in [-0.15, -0.1) is 0 Å². The molecule has 0 saturated carbocycles. The summed E-state index contributed by atoms with van der Waals surface area (Å²) in [7, 11) is 0. The topological polar surface area (TPSA) is 43.4 Å². The van der Waals surface area contributed by atoms with Gasteiger partial charge in [0.1, 0.15) is 0 Å². The Morgan fingerprint density at radius 2 is 2.00 bits per heavy atom. The smallest absolute Gasteiger partial charge is 0.338 e. The van der Waals surface area contributed by atoms with Gasteiger partial charge >= 0.3 is 5.97 Å². The summed E-state index contributed by atoms with van der Waals surface area (Å²) in [4.78, 5) is 23.6. The van der Waals surface area contributed by atoms with Crippen LogP contribution in [0.3, 0.4) is 0 Å². The summed E-state index contributed by atoms with van der Waals surface area (Å²) < 4.78 is 5.67. The fraction of sp³-hybridized carbons (Fsp3) is 0.333. The Morgan fingerprint density at radius 1 is 1.29 bits per heavy atom. The fourth-order valence-corrected chi connectivity index (χ4v) is 2.08. The maximum absolute atomic E-state index is 11.8. The third kappa shape index (κ3) is 3.92. The van der Waals surface area contributed by atoms with Gasteiger partial charge in [0.25, 0.3) is 0 Å². The standard InChI is InChI=1S/C12H12Br2O3/c1-2-17-12(16)10-7-8(14)3-4-9(10)11(15)5-6-13/h3-4,7H,2,5-6H2,1H3. The highest BCUT2D eigenvalue weighted by Gasteiger charge is 2.17. The van der Waals surface area contributed by atoms with E-state index in [4.69, 9.17) is 4.74 Å². The van der Waals surface area contributed by atoms with Gasteiger partial charge in [-0.1, -0.05) is 31.9 Å². The Bertz CT molecular complexity index is 430. The summed E-state index contributed by atoms with van der Waals surface area (Å²) in [6.07, 6.45) is 0.355. The monoisotopic (exact) mass is 362 g/mol. The van der Waals surface area contributed by atoms with E-state index in [1.54, 1.807) is 25.1 Å². The van der Waals surface area contributed by atoms with Crippen LogP contribution in [-0.2, 0) is 4.74 Å². The zero-order valence-electron chi connectivity index (χ0n) is 9.33. The average Bonchev–Trinajstić information content (AvgIpc) is 2.29. The van der Waals surface area contributed by atoms with Crippen molar-refractivity contribution in [2.45, 2.75) is 13.3 Å². The molecule has 0 radical (unpaired) electrons. The van der Waals surface area contributed by atoms with Crippen molar-refractivity contribution in [1.29, 1.82) is 0 Å². The van der Waals surface area contributed by atoms with Crippen LogP contribution in [0.1, 0.15) is 34.1 Å². The molecule has 0 saturated heterocycles. The predicted octanol–water partition coefficient (Wildman–Crippen LogP) is 3.59. The average molecular weight is 364 g/mol. The Morgan fingerprint density at radius 3 is 2.59 bits per heavy atom. The van der Waals surface area contributed by atoms with Crippen molar-refractivity contribution in [3.8, 4) is 0 Å². The number of hydrogen-bond donors (Lipinski definition) is 0. The molecule has 0 aliphatic heterocycles. The Balaban J connectivity index is 3.11. The van der Waals surface area contributed by atoms with E-state index in [1.165, 1.54) is 0 Å². The number of ether oxygens (including phenoxy) is 1. The van der Waals surface area contributed by atoms with Crippen molar-refractivity contribution in [3.63, 3.8) is 0 Å². The maximum Gasteiger partial charge on any atom is 0.338 e. The van der Waals surface area contributed by atoms with Crippen LogP contribution in [0, 0.1) is 0 Å². The van der Waals surface area contributed by atoms with Gasteiger partial charge in [0, 0.05) is 21.8 Å². The first-order valence-corrected chi connectivity index (χ1v) is 7.07. The van der Waals surface area contributed by atoms with Crippen LogP contribution in [0.15, 0.2) is 22.7 Å². The van der Waals surface area contributed by atoms with E-state index < -0.39 is 5.97 Å². The summed E-state index contributed by atoms with van der Waals surface area (Å²) in [5.41, 5.74) is 0.721. The Kier molecular flexibility index (Phi) is 5.85. The van der Waals surface area contributed by atoms with E-state index in [1.807, 2.05) is 0 Å². The van der Waals surface area contributed by atoms with Gasteiger partial charge < -0.3 is 4.74 Å². The van der Waals surface area contributed by atoms with E-state index in [0.717, 1.165) is 4.47 Å². The summed E-state index contributed by atoms with van der Waals surface area (Å²) in [6, 6.07) is 4.99. The molecule has 5 heteroatoms. The summed E-state index contributed by atoms with van der Waals surface area (Å²) in [5, 5.41) is 0.574. The van der Waals surface area contributed by atoms with Crippen LogP contribution in [0.25, 0.3) is 0 Å². The van der Waals surface area contributed by atoms with Crippen LogP contribution < -0.4 is 0 Å². The molecule has 1 rings (SSSR count). The van der Waals surface area contributed by atoms with Crippen molar-refractivity contribution < 1.29 is 14.3 Å². The molecule has 0 atom stereocenters. The van der Waals surface area contributed by atoms with Crippen LogP contribution in [-0.4, -0.2) is 23.7 Å². The number of alkyl halides is 1. The number of rotatable bonds is 5. The van der Waals surface area contributed by atoms with E-state index in [-0.39, 0.29) is 12.4 Å². The Labute approximate surface area is 117 Å². The number of carbonyl (C=O) groups excluding carboxylic acids is 2. The molecule has 1 aromatic rings. The number of Topliss-reactive ketones (excluding diaryl/α,β-unsaturated/α-hetero) is 1. The van der Waals surface area contributed by atoms with E-state index in [2.05, 4.69) is 31.9 Å². The molecule has 92 valence electrons. The molecule has 0 fully saturated rings. The minimum absolute atomic E-state index is 0.0718. The zero-order valence-corrected chi connectivity index (χ0v) is 12.5. The molecule has 0 aromatic heterocycles. The van der Waals surface area contributed by atoms with Crippen LogP contribution in [0.5, 0.6) is 0 Å². The molecule has 0 amide bonds. The first kappa shape index (κ1) is 14.4. The lowest BCUT2D eigenvalue weighted by Crippen LogP contribution is -2.12. The van der Waals surface area contributed by atoms with Crippen molar-refractivity contribution in [3.05, 3.63) is 33.8 Å². The molecule has 0 heterocycles. The molecule has 3 nitrogen and oxygen atoms in total. The van der Waals surface area contributed by atoms with Gasteiger partial charge in [-0.3, -0.25) is 4.79 Å². The second-order valence-electron chi connectivity index (χ2n) is 3.27. The van der Waals surface area contributed by atoms with Gasteiger partial charge in [0.15, 0.2) is 5.78 Å². The summed E-state index contributed by atoms with van der Waals surface area (Å²) in [6.45, 7) is 2.02. The minimum atomic E-state index is -0.466. The fourth-order valence-electron chi connectivity index (χ4n) is 1.36. The summed E-state index contributed by atoms with van der Waals surface area (Å²) in [5.74, 6) is -0.538. The molecule has 17 heavy (non-hydrogen) atoms. The SMILES string of the molecule is CCOC(=O)c1cc(Br)ccc1C(=O)CCBr. The molecular weight excluding hydrogens is 352 g/mol. The predicted molar refractivity (Wildman–Crippen MR) is 72.8 cm³/mol. The van der Waals surface area contributed by atoms with Gasteiger partial charge in [-0.05, 0) is 25.1 Å². The largest absolute Gasteiger partial charge is 0.462 e. The molecule has 0 spiro atoms.